The van der Waals surface area contributed by atoms with E-state index in [1.807, 2.05) is 0 Å². The van der Waals surface area contributed by atoms with E-state index in [2.05, 4.69) is 38.1 Å². The third-order valence-electron chi connectivity index (χ3n) is 2.48. The van der Waals surface area contributed by atoms with Crippen LogP contribution in [0.3, 0.4) is 0 Å². The highest BCUT2D eigenvalue weighted by Crippen LogP contribution is 2.20. The monoisotopic (exact) mass is 192 g/mol. The molecule has 0 saturated heterocycles. The molecule has 1 aromatic rings. The number of rotatable bonds is 4. The summed E-state index contributed by atoms with van der Waals surface area (Å²) in [5.74, 6) is 0.556. The lowest BCUT2D eigenvalue weighted by Crippen LogP contribution is -2.15. The van der Waals surface area contributed by atoms with E-state index >= 15 is 0 Å². The first-order chi connectivity index (χ1) is 6.65. The number of hydrogen-bond acceptors (Lipinski definition) is 2. The lowest BCUT2D eigenvalue weighted by atomic mass is 9.97. The Balaban J connectivity index is 2.82. The molecule has 0 amide bonds. The van der Waals surface area contributed by atoms with Crippen LogP contribution >= 0.6 is 0 Å². The number of nitrogens with two attached hydrogens (primary N) is 2. The van der Waals surface area contributed by atoms with Gasteiger partial charge in [0, 0.05) is 6.04 Å². The van der Waals surface area contributed by atoms with Crippen LogP contribution in [0.1, 0.15) is 43.4 Å². The summed E-state index contributed by atoms with van der Waals surface area (Å²) >= 11 is 0. The molecule has 0 aliphatic rings. The van der Waals surface area contributed by atoms with Gasteiger partial charge in [0.15, 0.2) is 0 Å². The lowest BCUT2D eigenvalue weighted by Gasteiger charge is -2.13. The molecule has 1 atom stereocenters. The van der Waals surface area contributed by atoms with Crippen molar-refractivity contribution < 1.29 is 0 Å². The summed E-state index contributed by atoms with van der Waals surface area (Å²) in [4.78, 5) is 0. The molecule has 2 heteroatoms. The minimum Gasteiger partial charge on any atom is -0.330 e. The summed E-state index contributed by atoms with van der Waals surface area (Å²) in [6.07, 6.45) is 0.849. The molecule has 2 nitrogen and oxygen atoms in total. The standard InChI is InChI=1S/C12H20N2/c1-9(2)10-4-3-5-11(8-10)12(14)6-7-13/h3-5,8-9,12H,6-7,13-14H2,1-2H3/t12-/m1/s1. The SMILES string of the molecule is CC(C)c1cccc([C@H](N)CCN)c1. The molecule has 0 unspecified atom stereocenters. The van der Waals surface area contributed by atoms with Gasteiger partial charge in [-0.1, -0.05) is 38.1 Å². The van der Waals surface area contributed by atoms with Gasteiger partial charge in [-0.3, -0.25) is 0 Å². The van der Waals surface area contributed by atoms with Crippen molar-refractivity contribution in [3.05, 3.63) is 35.4 Å². The smallest absolute Gasteiger partial charge is 0.0307 e. The lowest BCUT2D eigenvalue weighted by molar-refractivity contribution is 0.659. The van der Waals surface area contributed by atoms with Crippen LogP contribution in [0.15, 0.2) is 24.3 Å². The van der Waals surface area contributed by atoms with Crippen molar-refractivity contribution in [1.82, 2.24) is 0 Å². The van der Waals surface area contributed by atoms with Crippen LogP contribution in [-0.4, -0.2) is 6.54 Å². The summed E-state index contributed by atoms with van der Waals surface area (Å²) < 4.78 is 0. The van der Waals surface area contributed by atoms with Crippen molar-refractivity contribution in [2.75, 3.05) is 6.54 Å². The van der Waals surface area contributed by atoms with Gasteiger partial charge in [-0.2, -0.15) is 0 Å². The molecule has 0 radical (unpaired) electrons. The van der Waals surface area contributed by atoms with Crippen LogP contribution in [0.2, 0.25) is 0 Å². The fraction of sp³-hybridized carbons (Fsp3) is 0.500. The average Bonchev–Trinajstić information content (AvgIpc) is 2.18. The van der Waals surface area contributed by atoms with Crippen LogP contribution in [0, 0.1) is 0 Å². The van der Waals surface area contributed by atoms with E-state index in [4.69, 9.17) is 11.5 Å². The molecule has 0 aliphatic heterocycles. The van der Waals surface area contributed by atoms with Gasteiger partial charge < -0.3 is 11.5 Å². The minimum atomic E-state index is 0.0821. The second-order valence-corrected chi connectivity index (χ2v) is 4.01. The van der Waals surface area contributed by atoms with Gasteiger partial charge in [-0.25, -0.2) is 0 Å². The molecule has 14 heavy (non-hydrogen) atoms. The van der Waals surface area contributed by atoms with E-state index in [0.717, 1.165) is 6.42 Å². The molecule has 0 aromatic heterocycles. The summed E-state index contributed by atoms with van der Waals surface area (Å²) in [5.41, 5.74) is 14.0. The Morgan fingerprint density at radius 3 is 2.43 bits per heavy atom. The Labute approximate surface area is 86.3 Å². The van der Waals surface area contributed by atoms with E-state index in [1.54, 1.807) is 0 Å². The highest BCUT2D eigenvalue weighted by molar-refractivity contribution is 5.27. The van der Waals surface area contributed by atoms with Crippen LogP contribution < -0.4 is 11.5 Å². The number of benzene rings is 1. The maximum Gasteiger partial charge on any atom is 0.0307 e. The first-order valence-electron chi connectivity index (χ1n) is 5.20. The molecular formula is C12H20N2. The minimum absolute atomic E-state index is 0.0821. The molecule has 0 fully saturated rings. The van der Waals surface area contributed by atoms with Gasteiger partial charge >= 0.3 is 0 Å². The quantitative estimate of drug-likeness (QED) is 0.768. The predicted molar refractivity (Wildman–Crippen MR) is 61.1 cm³/mol. The largest absolute Gasteiger partial charge is 0.330 e. The first kappa shape index (κ1) is 11.2. The van der Waals surface area contributed by atoms with Crippen LogP contribution in [0.5, 0.6) is 0 Å². The van der Waals surface area contributed by atoms with Crippen molar-refractivity contribution >= 4 is 0 Å². The van der Waals surface area contributed by atoms with E-state index < -0.39 is 0 Å². The molecule has 0 aliphatic carbocycles. The zero-order chi connectivity index (χ0) is 10.6. The van der Waals surface area contributed by atoms with Crippen LogP contribution in [0.25, 0.3) is 0 Å². The molecular weight excluding hydrogens is 172 g/mol. The van der Waals surface area contributed by atoms with Crippen molar-refractivity contribution in [1.29, 1.82) is 0 Å². The Morgan fingerprint density at radius 1 is 1.21 bits per heavy atom. The topological polar surface area (TPSA) is 52.0 Å². The van der Waals surface area contributed by atoms with E-state index in [-0.39, 0.29) is 6.04 Å². The second kappa shape index (κ2) is 5.13. The predicted octanol–water partition coefficient (Wildman–Crippen LogP) is 2.16. The average molecular weight is 192 g/mol. The normalized spacial score (nSPS) is 13.2. The Bertz CT molecular complexity index is 281. The summed E-state index contributed by atoms with van der Waals surface area (Å²) in [6, 6.07) is 8.56. The highest BCUT2D eigenvalue weighted by atomic mass is 14.7. The van der Waals surface area contributed by atoms with Gasteiger partial charge in [0.1, 0.15) is 0 Å². The van der Waals surface area contributed by atoms with E-state index in [0.29, 0.717) is 12.5 Å². The van der Waals surface area contributed by atoms with Gasteiger partial charge in [-0.05, 0) is 30.0 Å². The third kappa shape index (κ3) is 2.82. The van der Waals surface area contributed by atoms with Crippen molar-refractivity contribution in [3.8, 4) is 0 Å². The van der Waals surface area contributed by atoms with Crippen molar-refractivity contribution in [3.63, 3.8) is 0 Å². The summed E-state index contributed by atoms with van der Waals surface area (Å²) in [7, 11) is 0. The molecule has 0 saturated carbocycles. The Kier molecular flexibility index (Phi) is 4.11. The fourth-order valence-electron chi connectivity index (χ4n) is 1.49. The maximum atomic E-state index is 5.99. The molecule has 78 valence electrons. The van der Waals surface area contributed by atoms with Gasteiger partial charge in [0.2, 0.25) is 0 Å². The molecule has 0 bridgehead atoms. The molecule has 1 aromatic carbocycles. The van der Waals surface area contributed by atoms with Gasteiger partial charge in [0.05, 0.1) is 0 Å². The first-order valence-corrected chi connectivity index (χ1v) is 5.20. The zero-order valence-electron chi connectivity index (χ0n) is 9.03. The number of hydrogen-bond donors (Lipinski definition) is 2. The van der Waals surface area contributed by atoms with Gasteiger partial charge in [-0.15, -0.1) is 0 Å². The molecule has 0 heterocycles. The van der Waals surface area contributed by atoms with Crippen molar-refractivity contribution in [2.24, 2.45) is 11.5 Å². The molecule has 1 rings (SSSR count). The third-order valence-corrected chi connectivity index (χ3v) is 2.48. The van der Waals surface area contributed by atoms with Crippen LogP contribution in [-0.2, 0) is 0 Å². The molecule has 0 spiro atoms. The maximum absolute atomic E-state index is 5.99. The van der Waals surface area contributed by atoms with Gasteiger partial charge in [0.25, 0.3) is 0 Å². The van der Waals surface area contributed by atoms with E-state index in [1.165, 1.54) is 11.1 Å². The Hall–Kier alpha value is -0.860. The second-order valence-electron chi connectivity index (χ2n) is 4.01. The zero-order valence-corrected chi connectivity index (χ0v) is 9.03. The van der Waals surface area contributed by atoms with Crippen LogP contribution in [0.4, 0.5) is 0 Å². The summed E-state index contributed by atoms with van der Waals surface area (Å²) in [5, 5.41) is 0. The van der Waals surface area contributed by atoms with E-state index in [9.17, 15) is 0 Å². The summed E-state index contributed by atoms with van der Waals surface area (Å²) in [6.45, 7) is 5.02. The van der Waals surface area contributed by atoms with Crippen molar-refractivity contribution in [2.45, 2.75) is 32.2 Å². The fourth-order valence-corrected chi connectivity index (χ4v) is 1.49. The highest BCUT2D eigenvalue weighted by Gasteiger charge is 2.06. The Morgan fingerprint density at radius 2 is 1.86 bits per heavy atom. The molecule has 4 N–H and O–H groups in total.